The van der Waals surface area contributed by atoms with E-state index in [4.69, 9.17) is 5.73 Å². The van der Waals surface area contributed by atoms with Crippen LogP contribution in [0.15, 0.2) is 4.79 Å². The third-order valence-electron chi connectivity index (χ3n) is 2.05. The highest BCUT2D eigenvalue weighted by molar-refractivity contribution is 7.16. The van der Waals surface area contributed by atoms with Gasteiger partial charge in [0.15, 0.2) is 5.65 Å². The van der Waals surface area contributed by atoms with Crippen molar-refractivity contribution in [3.8, 4) is 0 Å². The normalized spacial score (nSPS) is 11.0. The summed E-state index contributed by atoms with van der Waals surface area (Å²) in [7, 11) is 1.69. The smallest absolute Gasteiger partial charge is 0.309 e. The quantitative estimate of drug-likeness (QED) is 0.745. The molecule has 0 aliphatic heterocycles. The van der Waals surface area contributed by atoms with Crippen molar-refractivity contribution in [2.75, 3.05) is 5.73 Å². The van der Waals surface area contributed by atoms with Gasteiger partial charge in [-0.3, -0.25) is 9.36 Å². The lowest BCUT2D eigenvalue weighted by Gasteiger charge is -1.99. The van der Waals surface area contributed by atoms with Gasteiger partial charge in [0.05, 0.1) is 10.4 Å². The van der Waals surface area contributed by atoms with Crippen molar-refractivity contribution in [1.82, 2.24) is 14.5 Å². The van der Waals surface area contributed by atoms with Gasteiger partial charge in [0, 0.05) is 7.05 Å². The topological polar surface area (TPSA) is 73.8 Å². The van der Waals surface area contributed by atoms with Gasteiger partial charge in [-0.05, 0) is 6.42 Å². The van der Waals surface area contributed by atoms with Gasteiger partial charge < -0.3 is 5.73 Å². The lowest BCUT2D eigenvalue weighted by atomic mass is 10.3. The number of aromatic nitrogens is 3. The van der Waals surface area contributed by atoms with Crippen molar-refractivity contribution in [3.63, 3.8) is 0 Å². The average molecular weight is 210 g/mol. The summed E-state index contributed by atoms with van der Waals surface area (Å²) in [6, 6.07) is 0. The van der Waals surface area contributed by atoms with Crippen LogP contribution in [0.25, 0.3) is 10.3 Å². The van der Waals surface area contributed by atoms with Crippen LogP contribution in [0.5, 0.6) is 0 Å². The van der Waals surface area contributed by atoms with Crippen LogP contribution >= 0.6 is 11.3 Å². The van der Waals surface area contributed by atoms with E-state index in [1.165, 1.54) is 15.9 Å². The molecule has 5 nitrogen and oxygen atoms in total. The molecule has 0 spiro atoms. The van der Waals surface area contributed by atoms with Crippen molar-refractivity contribution in [3.05, 3.63) is 15.4 Å². The molecule has 0 aliphatic carbocycles. The Bertz CT molecular complexity index is 542. The van der Waals surface area contributed by atoms with Crippen molar-refractivity contribution in [1.29, 1.82) is 0 Å². The molecule has 14 heavy (non-hydrogen) atoms. The fraction of sp³-hybridized carbons (Fsp3) is 0.375. The van der Waals surface area contributed by atoms with E-state index in [9.17, 15) is 4.79 Å². The molecule has 0 radical (unpaired) electrons. The molecule has 0 amide bonds. The molecule has 2 N–H and O–H groups in total. The van der Waals surface area contributed by atoms with Crippen LogP contribution in [0.1, 0.15) is 12.6 Å². The second-order valence-electron chi connectivity index (χ2n) is 2.96. The van der Waals surface area contributed by atoms with Crippen LogP contribution in [0, 0.1) is 0 Å². The van der Waals surface area contributed by atoms with Gasteiger partial charge in [0.2, 0.25) is 5.95 Å². The number of nitrogens with zero attached hydrogens (tertiary/aromatic N) is 3. The third kappa shape index (κ3) is 1.19. The summed E-state index contributed by atoms with van der Waals surface area (Å²) in [5.41, 5.74) is 7.02. The first-order valence-corrected chi connectivity index (χ1v) is 5.07. The summed E-state index contributed by atoms with van der Waals surface area (Å²) < 4.78 is 2.34. The standard InChI is InChI=1S/C8H10N4OS/c1-3-4-5-6(11-7(9)10-4)12(2)8(13)14-5/h3H2,1-2H3,(H2,9,10,11). The Kier molecular flexibility index (Phi) is 1.99. The largest absolute Gasteiger partial charge is 0.368 e. The Hall–Kier alpha value is -1.43. The molecular weight excluding hydrogens is 200 g/mol. The number of nitrogens with two attached hydrogens (primary N) is 1. The van der Waals surface area contributed by atoms with Crippen molar-refractivity contribution >= 4 is 27.6 Å². The van der Waals surface area contributed by atoms with Gasteiger partial charge >= 0.3 is 4.87 Å². The third-order valence-corrected chi connectivity index (χ3v) is 3.12. The summed E-state index contributed by atoms with van der Waals surface area (Å²) in [5, 5.41) is 0. The number of rotatable bonds is 1. The molecule has 2 rings (SSSR count). The molecule has 0 aliphatic rings. The summed E-state index contributed by atoms with van der Waals surface area (Å²) in [6.07, 6.45) is 0.753. The van der Waals surface area contributed by atoms with Crippen LogP contribution in [-0.4, -0.2) is 14.5 Å². The zero-order valence-corrected chi connectivity index (χ0v) is 8.76. The van der Waals surface area contributed by atoms with Gasteiger partial charge in [-0.15, -0.1) is 0 Å². The second kappa shape index (κ2) is 3.06. The monoisotopic (exact) mass is 210 g/mol. The van der Waals surface area contributed by atoms with Gasteiger partial charge in [0.1, 0.15) is 0 Å². The highest BCUT2D eigenvalue weighted by Gasteiger charge is 2.11. The van der Waals surface area contributed by atoms with Gasteiger partial charge in [-0.25, -0.2) is 4.98 Å². The predicted octanol–water partition coefficient (Wildman–Crippen LogP) is 0.535. The van der Waals surface area contributed by atoms with Crippen molar-refractivity contribution in [2.24, 2.45) is 7.05 Å². The Morgan fingerprint density at radius 3 is 2.86 bits per heavy atom. The first-order valence-electron chi connectivity index (χ1n) is 4.25. The average Bonchev–Trinajstić information content (AvgIpc) is 2.43. The van der Waals surface area contributed by atoms with E-state index in [0.29, 0.717) is 5.65 Å². The lowest BCUT2D eigenvalue weighted by Crippen LogP contribution is -2.08. The van der Waals surface area contributed by atoms with Crippen LogP contribution in [-0.2, 0) is 13.5 Å². The molecule has 0 aromatic carbocycles. The lowest BCUT2D eigenvalue weighted by molar-refractivity contribution is 0.911. The molecule has 74 valence electrons. The maximum Gasteiger partial charge on any atom is 0.309 e. The first-order chi connectivity index (χ1) is 6.63. The number of hydrogen-bond donors (Lipinski definition) is 1. The van der Waals surface area contributed by atoms with Gasteiger partial charge in [0.25, 0.3) is 0 Å². The summed E-state index contributed by atoms with van der Waals surface area (Å²) in [4.78, 5) is 19.5. The maximum atomic E-state index is 11.4. The van der Waals surface area contributed by atoms with Crippen molar-refractivity contribution < 1.29 is 0 Å². The molecule has 2 heterocycles. The molecule has 2 aromatic heterocycles. The van der Waals surface area contributed by atoms with E-state index < -0.39 is 0 Å². The molecule has 0 saturated carbocycles. The van der Waals surface area contributed by atoms with Gasteiger partial charge in [-0.2, -0.15) is 4.98 Å². The van der Waals surface area contributed by atoms with E-state index in [1.807, 2.05) is 6.92 Å². The minimum absolute atomic E-state index is 0.0328. The minimum Gasteiger partial charge on any atom is -0.368 e. The minimum atomic E-state index is -0.0328. The predicted molar refractivity (Wildman–Crippen MR) is 56.4 cm³/mol. The highest BCUT2D eigenvalue weighted by atomic mass is 32.1. The fourth-order valence-electron chi connectivity index (χ4n) is 1.32. The number of aryl methyl sites for hydroxylation is 2. The van der Waals surface area contributed by atoms with Crippen LogP contribution in [0.3, 0.4) is 0 Å². The number of nitrogen functional groups attached to an aromatic ring is 1. The van der Waals surface area contributed by atoms with Gasteiger partial charge in [-0.1, -0.05) is 18.3 Å². The Labute approximate surface area is 84.2 Å². The molecule has 0 atom stereocenters. The SMILES string of the molecule is CCc1nc(N)nc2c1sc(=O)n2C. The Balaban J connectivity index is 2.94. The second-order valence-corrected chi connectivity index (χ2v) is 3.92. The van der Waals surface area contributed by atoms with Crippen LogP contribution < -0.4 is 10.6 Å². The van der Waals surface area contributed by atoms with E-state index in [0.717, 1.165) is 16.8 Å². The zero-order valence-electron chi connectivity index (χ0n) is 7.94. The zero-order chi connectivity index (χ0) is 10.3. The number of thiazole rings is 1. The fourth-order valence-corrected chi connectivity index (χ4v) is 2.30. The molecule has 0 saturated heterocycles. The van der Waals surface area contributed by atoms with E-state index in [-0.39, 0.29) is 10.8 Å². The van der Waals surface area contributed by atoms with Crippen LogP contribution in [0.4, 0.5) is 5.95 Å². The molecule has 0 bridgehead atoms. The molecule has 0 fully saturated rings. The number of fused-ring (bicyclic) bond motifs is 1. The first kappa shape index (κ1) is 9.14. The molecule has 6 heteroatoms. The summed E-state index contributed by atoms with van der Waals surface area (Å²) >= 11 is 1.17. The Morgan fingerprint density at radius 1 is 1.50 bits per heavy atom. The van der Waals surface area contributed by atoms with Crippen LogP contribution in [0.2, 0.25) is 0 Å². The summed E-state index contributed by atoms with van der Waals surface area (Å²) in [5.74, 6) is 0.225. The summed E-state index contributed by atoms with van der Waals surface area (Å²) in [6.45, 7) is 1.98. The van der Waals surface area contributed by atoms with E-state index >= 15 is 0 Å². The highest BCUT2D eigenvalue weighted by Crippen LogP contribution is 2.19. The van der Waals surface area contributed by atoms with Crippen molar-refractivity contribution in [2.45, 2.75) is 13.3 Å². The molecule has 0 unspecified atom stereocenters. The van der Waals surface area contributed by atoms with E-state index in [2.05, 4.69) is 9.97 Å². The number of hydrogen-bond acceptors (Lipinski definition) is 5. The van der Waals surface area contributed by atoms with E-state index in [1.54, 1.807) is 7.05 Å². The maximum absolute atomic E-state index is 11.4. The Morgan fingerprint density at radius 2 is 2.21 bits per heavy atom. The molecular formula is C8H10N4OS. The molecule has 2 aromatic rings. The number of anilines is 1.